The summed E-state index contributed by atoms with van der Waals surface area (Å²) in [6.07, 6.45) is -0.974. The molecule has 1 unspecified atom stereocenters. The zero-order valence-electron chi connectivity index (χ0n) is 25.7. The number of phenols is 1. The van der Waals surface area contributed by atoms with Gasteiger partial charge in [0, 0.05) is 18.4 Å². The van der Waals surface area contributed by atoms with Crippen LogP contribution in [0.5, 0.6) is 5.75 Å². The number of methoxy groups -OCH3 is 1. The predicted molar refractivity (Wildman–Crippen MR) is 152 cm³/mol. The number of hydrogen-bond donors (Lipinski definition) is 3. The van der Waals surface area contributed by atoms with E-state index in [9.17, 15) is 24.9 Å². The van der Waals surface area contributed by atoms with E-state index < -0.39 is 53.2 Å². The van der Waals surface area contributed by atoms with Gasteiger partial charge in [-0.15, -0.1) is 0 Å². The average molecular weight is 591 g/mol. The van der Waals surface area contributed by atoms with Crippen LogP contribution < -0.4 is 0 Å². The number of hydrogen-bond acceptors (Lipinski definition) is 10. The molecule has 0 saturated carbocycles. The minimum absolute atomic E-state index is 0.00565. The first kappa shape index (κ1) is 32.3. The van der Waals surface area contributed by atoms with Crippen molar-refractivity contribution in [3.63, 3.8) is 0 Å². The number of carbonyl (C=O) groups is 2. The highest BCUT2D eigenvalue weighted by Gasteiger charge is 2.63. The number of cyclic esters (lactones) is 1. The number of benzene rings is 1. The van der Waals surface area contributed by atoms with Gasteiger partial charge in [0.2, 0.25) is 5.79 Å². The van der Waals surface area contributed by atoms with Crippen LogP contribution in [0.1, 0.15) is 85.3 Å². The van der Waals surface area contributed by atoms with E-state index in [0.29, 0.717) is 12.8 Å². The molecular formula is C32H46O10. The highest BCUT2D eigenvalue weighted by atomic mass is 16.7. The highest BCUT2D eigenvalue weighted by molar-refractivity contribution is 5.83. The maximum Gasteiger partial charge on any atom is 0.334 e. The number of carbonyl (C=O) groups excluding carboxylic acids is 2. The number of phenolic OH excluding ortho intramolecular Hbond substituents is 1. The average Bonchev–Trinajstić information content (AvgIpc) is 2.88. The molecule has 0 aliphatic carbocycles. The zero-order chi connectivity index (χ0) is 31.0. The van der Waals surface area contributed by atoms with E-state index in [-0.39, 0.29) is 48.7 Å². The Bertz CT molecular complexity index is 1170. The van der Waals surface area contributed by atoms with Gasteiger partial charge in [-0.2, -0.15) is 0 Å². The lowest BCUT2D eigenvalue weighted by Crippen LogP contribution is -2.65. The van der Waals surface area contributed by atoms with Gasteiger partial charge in [0.25, 0.3) is 0 Å². The molecule has 3 aliphatic rings. The Morgan fingerprint density at radius 3 is 2.48 bits per heavy atom. The largest absolute Gasteiger partial charge is 0.508 e. The maximum atomic E-state index is 13.1. The van der Waals surface area contributed by atoms with Crippen LogP contribution in [0.4, 0.5) is 0 Å². The SMILES string of the molecule is CO[C@@H](CC[C@H](C)[C@@H]1O[C@@]23CC(OC(=O)C[C@H]([C@@H](C)O)OC(=O)/C=C(\O2)[C@@](C)(O)CC3(C)C)[C@H]1C)c1cccc(O)c1. The van der Waals surface area contributed by atoms with Crippen LogP contribution in [0.15, 0.2) is 36.1 Å². The van der Waals surface area contributed by atoms with Crippen molar-refractivity contribution in [2.45, 2.75) is 116 Å². The van der Waals surface area contributed by atoms with Crippen molar-refractivity contribution in [3.05, 3.63) is 41.7 Å². The molecule has 0 aromatic heterocycles. The molecule has 3 aliphatic heterocycles. The monoisotopic (exact) mass is 590 g/mol. The van der Waals surface area contributed by atoms with Crippen LogP contribution in [-0.4, -0.2) is 70.2 Å². The van der Waals surface area contributed by atoms with Crippen molar-refractivity contribution < 1.29 is 48.6 Å². The Hall–Kier alpha value is -2.66. The lowest BCUT2D eigenvalue weighted by Gasteiger charge is -2.59. The van der Waals surface area contributed by atoms with Crippen LogP contribution in [-0.2, 0) is 33.3 Å². The standard InChI is InChI=1S/C32H46O10/c1-18(11-12-23(38-7)21-9-8-10-22(34)13-21)29-19(2)25-16-32(42-29)30(4,5)17-31(6,37)26(41-32)15-28(36)39-24(20(3)33)14-27(35)40-25/h8-10,13,15,18-20,23-25,29,33-34,37H,11-12,14,16-17H2,1-7H3/b26-15-/t18-,19+,20+,23-,24+,25?,29-,31-,32+/m0/s1. The van der Waals surface area contributed by atoms with Crippen molar-refractivity contribution in [2.24, 2.45) is 17.3 Å². The molecular weight excluding hydrogens is 544 g/mol. The minimum Gasteiger partial charge on any atom is -0.508 e. The van der Waals surface area contributed by atoms with Crippen LogP contribution >= 0.6 is 0 Å². The van der Waals surface area contributed by atoms with Gasteiger partial charge in [-0.3, -0.25) is 4.79 Å². The van der Waals surface area contributed by atoms with Crippen molar-refractivity contribution in [1.82, 2.24) is 0 Å². The summed E-state index contributed by atoms with van der Waals surface area (Å²) in [5.41, 5.74) is -1.37. The quantitative estimate of drug-likeness (QED) is 0.394. The minimum atomic E-state index is -1.50. The molecule has 1 aromatic rings. The second-order valence-electron chi connectivity index (χ2n) is 13.2. The lowest BCUT2D eigenvalue weighted by molar-refractivity contribution is -0.371. The molecule has 1 aromatic carbocycles. The first-order valence-corrected chi connectivity index (χ1v) is 14.8. The van der Waals surface area contributed by atoms with E-state index >= 15 is 0 Å². The molecule has 2 saturated heterocycles. The summed E-state index contributed by atoms with van der Waals surface area (Å²) < 4.78 is 30.5. The zero-order valence-corrected chi connectivity index (χ0v) is 25.7. The molecule has 1 spiro atoms. The third kappa shape index (κ3) is 6.61. The number of aromatic hydroxyl groups is 1. The van der Waals surface area contributed by atoms with E-state index in [1.54, 1.807) is 32.2 Å². The fourth-order valence-corrected chi connectivity index (χ4v) is 6.72. The lowest BCUT2D eigenvalue weighted by atomic mass is 9.66. The summed E-state index contributed by atoms with van der Waals surface area (Å²) in [4.78, 5) is 26.0. The topological polar surface area (TPSA) is 141 Å². The van der Waals surface area contributed by atoms with Crippen LogP contribution in [0.25, 0.3) is 0 Å². The molecule has 10 heteroatoms. The fraction of sp³-hybridized carbons (Fsp3) is 0.688. The van der Waals surface area contributed by atoms with E-state index in [4.69, 9.17) is 23.7 Å². The van der Waals surface area contributed by atoms with Crippen LogP contribution in [0.3, 0.4) is 0 Å². The molecule has 2 fully saturated rings. The smallest absolute Gasteiger partial charge is 0.334 e. The molecule has 10 nitrogen and oxygen atoms in total. The van der Waals surface area contributed by atoms with E-state index in [1.807, 2.05) is 26.8 Å². The van der Waals surface area contributed by atoms with Crippen molar-refractivity contribution >= 4 is 11.9 Å². The fourth-order valence-electron chi connectivity index (χ4n) is 6.72. The summed E-state index contributed by atoms with van der Waals surface area (Å²) >= 11 is 0. The summed E-state index contributed by atoms with van der Waals surface area (Å²) in [5.74, 6) is -2.83. The van der Waals surface area contributed by atoms with Crippen molar-refractivity contribution in [2.75, 3.05) is 7.11 Å². The summed E-state index contributed by atoms with van der Waals surface area (Å²) in [7, 11) is 1.64. The Balaban J connectivity index is 1.68. The Labute approximate surface area is 247 Å². The third-order valence-electron chi connectivity index (χ3n) is 9.20. The van der Waals surface area contributed by atoms with Gasteiger partial charge in [-0.25, -0.2) is 4.79 Å². The van der Waals surface area contributed by atoms with E-state index in [2.05, 4.69) is 6.92 Å². The molecule has 42 heavy (non-hydrogen) atoms. The van der Waals surface area contributed by atoms with Crippen LogP contribution in [0, 0.1) is 17.3 Å². The molecule has 4 rings (SSSR count). The van der Waals surface area contributed by atoms with Gasteiger partial charge in [0.15, 0.2) is 0 Å². The Morgan fingerprint density at radius 2 is 1.83 bits per heavy atom. The van der Waals surface area contributed by atoms with Gasteiger partial charge in [0.1, 0.15) is 29.3 Å². The number of aliphatic hydroxyl groups excluding tert-OH is 1. The summed E-state index contributed by atoms with van der Waals surface area (Å²) in [5, 5.41) is 31.5. The summed E-state index contributed by atoms with van der Waals surface area (Å²) in [6.45, 7) is 10.9. The molecule has 3 heterocycles. The van der Waals surface area contributed by atoms with Gasteiger partial charge < -0.3 is 39.0 Å². The Morgan fingerprint density at radius 1 is 1.12 bits per heavy atom. The number of fused-ring (bicyclic) bond motifs is 2. The molecule has 0 amide bonds. The molecule has 9 atom stereocenters. The van der Waals surface area contributed by atoms with E-state index in [0.717, 1.165) is 11.6 Å². The normalized spacial score (nSPS) is 36.5. The van der Waals surface area contributed by atoms with Gasteiger partial charge in [0.05, 0.1) is 37.2 Å². The van der Waals surface area contributed by atoms with Gasteiger partial charge in [-0.05, 0) is 56.7 Å². The Kier molecular flexibility index (Phi) is 9.33. The number of aliphatic hydroxyl groups is 2. The molecule has 3 N–H and O–H groups in total. The molecule has 0 radical (unpaired) electrons. The molecule has 3 bridgehead atoms. The maximum absolute atomic E-state index is 13.1. The van der Waals surface area contributed by atoms with Crippen molar-refractivity contribution in [1.29, 1.82) is 0 Å². The molecule has 234 valence electrons. The predicted octanol–water partition coefficient (Wildman–Crippen LogP) is 4.31. The highest BCUT2D eigenvalue weighted by Crippen LogP contribution is 2.56. The third-order valence-corrected chi connectivity index (χ3v) is 9.20. The second kappa shape index (κ2) is 12.1. The number of ether oxygens (including phenoxy) is 5. The number of rotatable bonds is 7. The van der Waals surface area contributed by atoms with E-state index in [1.165, 1.54) is 6.92 Å². The van der Waals surface area contributed by atoms with Crippen LogP contribution in [0.2, 0.25) is 0 Å². The first-order valence-electron chi connectivity index (χ1n) is 14.8. The summed E-state index contributed by atoms with van der Waals surface area (Å²) in [6, 6.07) is 7.00. The van der Waals surface area contributed by atoms with Crippen molar-refractivity contribution in [3.8, 4) is 5.75 Å². The second-order valence-corrected chi connectivity index (χ2v) is 13.2. The first-order chi connectivity index (χ1) is 19.6. The number of esters is 2. The van der Waals surface area contributed by atoms with Gasteiger partial charge in [-0.1, -0.05) is 39.8 Å². The van der Waals surface area contributed by atoms with Gasteiger partial charge >= 0.3 is 11.9 Å².